The normalized spacial score (nSPS) is 16.9. The Balaban J connectivity index is 0.00000225. The summed E-state index contributed by atoms with van der Waals surface area (Å²) < 4.78 is 5.79. The van der Waals surface area contributed by atoms with E-state index in [4.69, 9.17) is 4.74 Å². The predicted octanol–water partition coefficient (Wildman–Crippen LogP) is 2.35. The van der Waals surface area contributed by atoms with E-state index in [0.29, 0.717) is 23.1 Å². The minimum absolute atomic E-state index is 0. The molecule has 0 bridgehead atoms. The molecule has 2 heterocycles. The standard InChI is InChI=1S/C17H18BrN3O3.ClH/c1-24-15-5-3-2-4-12(15)14-10-19-6-7-21(14)17(23)11-8-13(18)16(22)20-9-11;/h2-5,8-9,14,19H,6-7,10H2,1H3,(H,20,22);1H. The van der Waals surface area contributed by atoms with Crippen molar-refractivity contribution in [2.24, 2.45) is 0 Å². The summed E-state index contributed by atoms with van der Waals surface area (Å²) in [4.78, 5) is 28.8. The molecule has 1 amide bonds. The van der Waals surface area contributed by atoms with E-state index >= 15 is 0 Å². The lowest BCUT2D eigenvalue weighted by Crippen LogP contribution is -2.48. The molecule has 0 spiro atoms. The number of ether oxygens (including phenoxy) is 1. The lowest BCUT2D eigenvalue weighted by Gasteiger charge is -2.37. The summed E-state index contributed by atoms with van der Waals surface area (Å²) in [7, 11) is 1.63. The van der Waals surface area contributed by atoms with Gasteiger partial charge in [-0.25, -0.2) is 0 Å². The molecule has 1 atom stereocenters. The number of H-pyrrole nitrogens is 1. The van der Waals surface area contributed by atoms with Gasteiger partial charge < -0.3 is 19.9 Å². The van der Waals surface area contributed by atoms with Crippen LogP contribution < -0.4 is 15.6 Å². The molecular weight excluding hydrogens is 410 g/mol. The fraction of sp³-hybridized carbons (Fsp3) is 0.294. The van der Waals surface area contributed by atoms with Crippen molar-refractivity contribution < 1.29 is 9.53 Å². The zero-order valence-corrected chi connectivity index (χ0v) is 16.0. The van der Waals surface area contributed by atoms with Crippen LogP contribution >= 0.6 is 28.3 Å². The first-order valence-corrected chi connectivity index (χ1v) is 8.44. The Bertz CT molecular complexity index is 812. The smallest absolute Gasteiger partial charge is 0.262 e. The molecule has 3 rings (SSSR count). The number of aromatic nitrogens is 1. The number of benzene rings is 1. The summed E-state index contributed by atoms with van der Waals surface area (Å²) >= 11 is 3.17. The predicted molar refractivity (Wildman–Crippen MR) is 102 cm³/mol. The highest BCUT2D eigenvalue weighted by atomic mass is 79.9. The summed E-state index contributed by atoms with van der Waals surface area (Å²) in [5.74, 6) is 0.635. The van der Waals surface area contributed by atoms with Crippen LogP contribution in [0.2, 0.25) is 0 Å². The highest BCUT2D eigenvalue weighted by Crippen LogP contribution is 2.31. The van der Waals surface area contributed by atoms with E-state index in [0.717, 1.165) is 17.9 Å². The van der Waals surface area contributed by atoms with Gasteiger partial charge in [0.15, 0.2) is 0 Å². The molecule has 0 radical (unpaired) electrons. The van der Waals surface area contributed by atoms with Crippen molar-refractivity contribution >= 4 is 34.2 Å². The maximum absolute atomic E-state index is 13.0. The Kier molecular flexibility index (Phi) is 6.64. The molecule has 0 saturated carbocycles. The van der Waals surface area contributed by atoms with Gasteiger partial charge in [0.1, 0.15) is 5.75 Å². The first-order chi connectivity index (χ1) is 11.6. The summed E-state index contributed by atoms with van der Waals surface area (Å²) in [6, 6.07) is 9.13. The van der Waals surface area contributed by atoms with Gasteiger partial charge >= 0.3 is 0 Å². The van der Waals surface area contributed by atoms with Crippen LogP contribution in [-0.4, -0.2) is 42.5 Å². The Morgan fingerprint density at radius 2 is 2.12 bits per heavy atom. The number of amides is 1. The molecule has 1 fully saturated rings. The van der Waals surface area contributed by atoms with E-state index in [9.17, 15) is 9.59 Å². The first-order valence-electron chi connectivity index (χ1n) is 7.64. The molecule has 25 heavy (non-hydrogen) atoms. The number of carbonyl (C=O) groups excluding carboxylic acids is 1. The van der Waals surface area contributed by atoms with Crippen molar-refractivity contribution in [1.29, 1.82) is 0 Å². The van der Waals surface area contributed by atoms with Gasteiger partial charge in [0.05, 0.1) is 23.2 Å². The third-order valence-corrected chi connectivity index (χ3v) is 4.70. The third kappa shape index (κ3) is 4.05. The average molecular weight is 429 g/mol. The second-order valence-electron chi connectivity index (χ2n) is 5.53. The van der Waals surface area contributed by atoms with Gasteiger partial charge in [0.25, 0.3) is 11.5 Å². The molecule has 1 aliphatic heterocycles. The summed E-state index contributed by atoms with van der Waals surface area (Å²) in [5.41, 5.74) is 1.15. The van der Waals surface area contributed by atoms with Crippen LogP contribution in [0.4, 0.5) is 0 Å². The maximum atomic E-state index is 13.0. The van der Waals surface area contributed by atoms with Gasteiger partial charge in [-0.15, -0.1) is 12.4 Å². The Hall–Kier alpha value is -1.83. The highest BCUT2D eigenvalue weighted by molar-refractivity contribution is 9.10. The number of pyridine rings is 1. The van der Waals surface area contributed by atoms with Crippen molar-refractivity contribution in [1.82, 2.24) is 15.2 Å². The monoisotopic (exact) mass is 427 g/mol. The number of hydrogen-bond donors (Lipinski definition) is 2. The second kappa shape index (κ2) is 8.51. The van der Waals surface area contributed by atoms with Crippen LogP contribution in [0.15, 0.2) is 45.8 Å². The van der Waals surface area contributed by atoms with Crippen LogP contribution in [0.5, 0.6) is 5.75 Å². The quantitative estimate of drug-likeness (QED) is 0.787. The van der Waals surface area contributed by atoms with Crippen LogP contribution in [0.3, 0.4) is 0 Å². The van der Waals surface area contributed by atoms with Crippen molar-refractivity contribution in [3.63, 3.8) is 0 Å². The summed E-state index contributed by atoms with van der Waals surface area (Å²) in [5, 5.41) is 3.32. The Morgan fingerprint density at radius 3 is 2.84 bits per heavy atom. The van der Waals surface area contributed by atoms with Crippen molar-refractivity contribution in [2.45, 2.75) is 6.04 Å². The van der Waals surface area contributed by atoms with E-state index in [2.05, 4.69) is 26.2 Å². The molecule has 1 aromatic carbocycles. The molecule has 1 aliphatic rings. The zero-order valence-electron chi connectivity index (χ0n) is 13.6. The number of nitrogens with one attached hydrogen (secondary N) is 2. The van der Waals surface area contributed by atoms with Crippen molar-refractivity contribution in [3.05, 3.63) is 62.5 Å². The second-order valence-corrected chi connectivity index (χ2v) is 6.38. The van der Waals surface area contributed by atoms with Crippen LogP contribution in [-0.2, 0) is 0 Å². The van der Waals surface area contributed by atoms with E-state index in [-0.39, 0.29) is 29.9 Å². The van der Waals surface area contributed by atoms with Gasteiger partial charge in [-0.3, -0.25) is 9.59 Å². The number of nitrogens with zero attached hydrogens (tertiary/aromatic N) is 1. The van der Waals surface area contributed by atoms with E-state index in [1.165, 1.54) is 6.20 Å². The number of halogens is 2. The lowest BCUT2D eigenvalue weighted by atomic mass is 10.0. The minimum Gasteiger partial charge on any atom is -0.496 e. The summed E-state index contributed by atoms with van der Waals surface area (Å²) in [6.07, 6.45) is 1.46. The number of para-hydroxylation sites is 1. The minimum atomic E-state index is -0.256. The van der Waals surface area contributed by atoms with Crippen LogP contribution in [0.25, 0.3) is 0 Å². The van der Waals surface area contributed by atoms with Gasteiger partial charge in [0.2, 0.25) is 0 Å². The molecule has 2 N–H and O–H groups in total. The van der Waals surface area contributed by atoms with Gasteiger partial charge in [-0.1, -0.05) is 18.2 Å². The van der Waals surface area contributed by atoms with Gasteiger partial charge in [0, 0.05) is 31.4 Å². The van der Waals surface area contributed by atoms with Crippen LogP contribution in [0, 0.1) is 0 Å². The third-order valence-electron chi connectivity index (χ3n) is 4.11. The molecule has 0 aliphatic carbocycles. The molecule has 2 aromatic rings. The number of rotatable bonds is 3. The highest BCUT2D eigenvalue weighted by Gasteiger charge is 2.30. The number of aromatic amines is 1. The topological polar surface area (TPSA) is 74.4 Å². The molecular formula is C17H19BrClN3O3. The van der Waals surface area contributed by atoms with Crippen molar-refractivity contribution in [3.8, 4) is 5.75 Å². The average Bonchev–Trinajstić information content (AvgIpc) is 2.63. The van der Waals surface area contributed by atoms with E-state index < -0.39 is 0 Å². The van der Waals surface area contributed by atoms with Gasteiger partial charge in [-0.2, -0.15) is 0 Å². The van der Waals surface area contributed by atoms with E-state index in [1.807, 2.05) is 29.2 Å². The molecule has 1 saturated heterocycles. The number of carbonyl (C=O) groups is 1. The number of methoxy groups -OCH3 is 1. The van der Waals surface area contributed by atoms with E-state index in [1.54, 1.807) is 13.2 Å². The maximum Gasteiger partial charge on any atom is 0.262 e. The first kappa shape index (κ1) is 19.5. The molecule has 6 nitrogen and oxygen atoms in total. The zero-order chi connectivity index (χ0) is 17.1. The Morgan fingerprint density at radius 1 is 1.36 bits per heavy atom. The largest absolute Gasteiger partial charge is 0.496 e. The molecule has 134 valence electrons. The number of piperazine rings is 1. The van der Waals surface area contributed by atoms with Gasteiger partial charge in [-0.05, 0) is 28.1 Å². The van der Waals surface area contributed by atoms with Crippen molar-refractivity contribution in [2.75, 3.05) is 26.7 Å². The molecule has 1 unspecified atom stereocenters. The number of hydrogen-bond acceptors (Lipinski definition) is 4. The molecule has 1 aromatic heterocycles. The fourth-order valence-electron chi connectivity index (χ4n) is 2.91. The summed E-state index contributed by atoms with van der Waals surface area (Å²) in [6.45, 7) is 1.96. The SMILES string of the molecule is COc1ccccc1C1CNCCN1C(=O)c1c[nH]c(=O)c(Br)c1.Cl. The Labute approximate surface area is 160 Å². The fourth-order valence-corrected chi connectivity index (χ4v) is 3.27. The molecule has 8 heteroatoms. The van der Waals surface area contributed by atoms with Crippen LogP contribution in [0.1, 0.15) is 22.0 Å². The lowest BCUT2D eigenvalue weighted by molar-refractivity contribution is 0.0631.